The van der Waals surface area contributed by atoms with Crippen LogP contribution in [0.25, 0.3) is 0 Å². The van der Waals surface area contributed by atoms with Crippen molar-refractivity contribution < 1.29 is 17.9 Å². The van der Waals surface area contributed by atoms with E-state index in [0.717, 1.165) is 25.3 Å². The molecule has 1 aromatic heterocycles. The zero-order chi connectivity index (χ0) is 27.3. The lowest BCUT2D eigenvalue weighted by molar-refractivity contribution is 0.207. The molecule has 2 heterocycles. The molecule has 0 spiro atoms. The van der Waals surface area contributed by atoms with Crippen LogP contribution in [0.2, 0.25) is 5.02 Å². The van der Waals surface area contributed by atoms with Gasteiger partial charge >= 0.3 is 0 Å². The van der Waals surface area contributed by atoms with Crippen LogP contribution in [-0.2, 0) is 9.84 Å². The third-order valence-electron chi connectivity index (χ3n) is 5.92. The average molecular weight is 560 g/mol. The zero-order valence-corrected chi connectivity index (χ0v) is 23.6. The zero-order valence-electron chi connectivity index (χ0n) is 22.1. The number of aromatic nitrogens is 2. The van der Waals surface area contributed by atoms with Gasteiger partial charge in [-0.25, -0.2) is 13.4 Å². The fourth-order valence-electron chi connectivity index (χ4n) is 4.27. The SMILES string of the molecule is CCOc1cc(OC2CCN(C)C2)ccc1Nc1ncc(Cl)c(Nc2ccccc2S(=O)(=O)CC(C)C)n1. The molecule has 0 aliphatic carbocycles. The third-order valence-corrected chi connectivity index (χ3v) is 8.33. The smallest absolute Gasteiger partial charge is 0.229 e. The van der Waals surface area contributed by atoms with Crippen LogP contribution in [0.4, 0.5) is 23.1 Å². The molecular formula is C27H34ClN5O4S. The van der Waals surface area contributed by atoms with Crippen molar-refractivity contribution in [2.45, 2.75) is 38.2 Å². The first-order valence-electron chi connectivity index (χ1n) is 12.6. The van der Waals surface area contributed by atoms with Gasteiger partial charge in [-0.2, -0.15) is 4.98 Å². The summed E-state index contributed by atoms with van der Waals surface area (Å²) in [7, 11) is -1.42. The van der Waals surface area contributed by atoms with Gasteiger partial charge in [0.1, 0.15) is 22.6 Å². The fourth-order valence-corrected chi connectivity index (χ4v) is 6.21. The van der Waals surface area contributed by atoms with Crippen molar-refractivity contribution in [1.29, 1.82) is 0 Å². The summed E-state index contributed by atoms with van der Waals surface area (Å²) in [6, 6.07) is 12.3. The van der Waals surface area contributed by atoms with E-state index in [-0.39, 0.29) is 39.5 Å². The standard InChI is InChI=1S/C27H34ClN5O4S/c1-5-36-24-14-19(37-20-12-13-33(4)16-20)10-11-22(24)31-27-29-15-21(28)26(32-27)30-23-8-6-7-9-25(23)38(34,35)17-18(2)3/h6-11,14-15,18,20H,5,12-13,16-17H2,1-4H3,(H2,29,30,31,32). The Bertz CT molecular complexity index is 1370. The Balaban J connectivity index is 1.56. The summed E-state index contributed by atoms with van der Waals surface area (Å²) in [5.74, 6) is 1.91. The van der Waals surface area contributed by atoms with Crippen LogP contribution >= 0.6 is 11.6 Å². The molecular weight excluding hydrogens is 526 g/mol. The van der Waals surface area contributed by atoms with Gasteiger partial charge < -0.3 is 25.0 Å². The number of halogens is 1. The lowest BCUT2D eigenvalue weighted by Gasteiger charge is -2.17. The van der Waals surface area contributed by atoms with Gasteiger partial charge in [0.05, 0.1) is 34.8 Å². The maximum absolute atomic E-state index is 13.0. The normalized spacial score (nSPS) is 16.0. The van der Waals surface area contributed by atoms with E-state index in [0.29, 0.717) is 23.7 Å². The number of likely N-dealkylation sites (N-methyl/N-ethyl adjacent to an activating group) is 1. The molecule has 0 radical (unpaired) electrons. The Morgan fingerprint density at radius 1 is 1.16 bits per heavy atom. The number of benzene rings is 2. The minimum absolute atomic E-state index is 0.0117. The molecule has 0 bridgehead atoms. The lowest BCUT2D eigenvalue weighted by atomic mass is 10.2. The van der Waals surface area contributed by atoms with E-state index in [9.17, 15) is 8.42 Å². The second kappa shape index (κ2) is 12.2. The molecule has 2 aromatic carbocycles. The molecule has 2 N–H and O–H groups in total. The molecule has 0 amide bonds. The van der Waals surface area contributed by atoms with Gasteiger partial charge in [-0.3, -0.25) is 0 Å². The summed E-state index contributed by atoms with van der Waals surface area (Å²) in [6.07, 6.45) is 2.59. The Morgan fingerprint density at radius 2 is 1.95 bits per heavy atom. The topological polar surface area (TPSA) is 106 Å². The molecule has 11 heteroatoms. The fraction of sp³-hybridized carbons (Fsp3) is 0.407. The van der Waals surface area contributed by atoms with E-state index in [1.54, 1.807) is 24.3 Å². The second-order valence-electron chi connectivity index (χ2n) is 9.69. The van der Waals surface area contributed by atoms with E-state index in [4.69, 9.17) is 21.1 Å². The molecule has 1 atom stereocenters. The van der Waals surface area contributed by atoms with Gasteiger partial charge in [0.15, 0.2) is 15.7 Å². The highest BCUT2D eigenvalue weighted by molar-refractivity contribution is 7.91. The Hall–Kier alpha value is -3.08. The van der Waals surface area contributed by atoms with Crippen molar-refractivity contribution in [2.24, 2.45) is 5.92 Å². The number of ether oxygens (including phenoxy) is 2. The van der Waals surface area contributed by atoms with Crippen molar-refractivity contribution in [1.82, 2.24) is 14.9 Å². The van der Waals surface area contributed by atoms with E-state index in [1.165, 1.54) is 6.20 Å². The van der Waals surface area contributed by atoms with Gasteiger partial charge in [-0.1, -0.05) is 37.6 Å². The largest absolute Gasteiger partial charge is 0.492 e. The number of nitrogens with one attached hydrogen (secondary N) is 2. The average Bonchev–Trinajstić information content (AvgIpc) is 3.27. The van der Waals surface area contributed by atoms with Crippen LogP contribution < -0.4 is 20.1 Å². The Labute approximate surface area is 229 Å². The number of hydrogen-bond acceptors (Lipinski definition) is 9. The highest BCUT2D eigenvalue weighted by atomic mass is 35.5. The van der Waals surface area contributed by atoms with Crippen LogP contribution in [0.5, 0.6) is 11.5 Å². The minimum atomic E-state index is -3.51. The van der Waals surface area contributed by atoms with Crippen LogP contribution in [0.15, 0.2) is 53.6 Å². The van der Waals surface area contributed by atoms with Gasteiger partial charge in [0, 0.05) is 19.2 Å². The molecule has 38 heavy (non-hydrogen) atoms. The molecule has 1 fully saturated rings. The maximum atomic E-state index is 13.0. The lowest BCUT2D eigenvalue weighted by Crippen LogP contribution is -2.21. The second-order valence-corrected chi connectivity index (χ2v) is 12.1. The Morgan fingerprint density at radius 3 is 2.66 bits per heavy atom. The van der Waals surface area contributed by atoms with Crippen LogP contribution in [-0.4, -0.2) is 61.9 Å². The summed E-state index contributed by atoms with van der Waals surface area (Å²) in [6.45, 7) is 8.03. The highest BCUT2D eigenvalue weighted by Crippen LogP contribution is 2.34. The molecule has 4 rings (SSSR count). The molecule has 0 saturated carbocycles. The predicted molar refractivity (Wildman–Crippen MR) is 151 cm³/mol. The number of nitrogens with zero attached hydrogens (tertiary/aromatic N) is 3. The Kier molecular flexibility index (Phi) is 8.96. The summed E-state index contributed by atoms with van der Waals surface area (Å²) >= 11 is 6.38. The molecule has 1 aliphatic heterocycles. The van der Waals surface area contributed by atoms with Gasteiger partial charge in [-0.05, 0) is 50.6 Å². The van der Waals surface area contributed by atoms with Gasteiger partial charge in [0.2, 0.25) is 5.95 Å². The monoisotopic (exact) mass is 559 g/mol. The van der Waals surface area contributed by atoms with E-state index in [2.05, 4.69) is 32.5 Å². The first kappa shape index (κ1) is 27.9. The number of likely N-dealkylation sites (tertiary alicyclic amines) is 1. The first-order chi connectivity index (χ1) is 18.1. The number of rotatable bonds is 11. The molecule has 204 valence electrons. The number of hydrogen-bond donors (Lipinski definition) is 2. The number of anilines is 4. The van der Waals surface area contributed by atoms with Crippen LogP contribution in [0.1, 0.15) is 27.2 Å². The molecule has 1 saturated heterocycles. The number of sulfone groups is 1. The molecule has 9 nitrogen and oxygen atoms in total. The van der Waals surface area contributed by atoms with Crippen LogP contribution in [0, 0.1) is 5.92 Å². The van der Waals surface area contributed by atoms with E-state index >= 15 is 0 Å². The van der Waals surface area contributed by atoms with Gasteiger partial charge in [0.25, 0.3) is 0 Å². The summed E-state index contributed by atoms with van der Waals surface area (Å²) in [4.78, 5) is 11.2. The van der Waals surface area contributed by atoms with E-state index in [1.807, 2.05) is 39.0 Å². The molecule has 1 aliphatic rings. The van der Waals surface area contributed by atoms with Crippen molar-refractivity contribution in [3.63, 3.8) is 0 Å². The summed E-state index contributed by atoms with van der Waals surface area (Å²) in [5.41, 5.74) is 1.06. The minimum Gasteiger partial charge on any atom is -0.492 e. The van der Waals surface area contributed by atoms with E-state index < -0.39 is 9.84 Å². The highest BCUT2D eigenvalue weighted by Gasteiger charge is 2.22. The summed E-state index contributed by atoms with van der Waals surface area (Å²) in [5, 5.41) is 6.52. The van der Waals surface area contributed by atoms with Gasteiger partial charge in [-0.15, -0.1) is 0 Å². The molecule has 1 unspecified atom stereocenters. The van der Waals surface area contributed by atoms with Crippen molar-refractivity contribution in [2.75, 3.05) is 43.1 Å². The molecule has 3 aromatic rings. The number of para-hydroxylation sites is 1. The van der Waals surface area contributed by atoms with Crippen molar-refractivity contribution in [3.8, 4) is 11.5 Å². The predicted octanol–water partition coefficient (Wildman–Crippen LogP) is 5.53. The van der Waals surface area contributed by atoms with Crippen molar-refractivity contribution in [3.05, 3.63) is 53.7 Å². The van der Waals surface area contributed by atoms with Crippen LogP contribution in [0.3, 0.4) is 0 Å². The summed E-state index contributed by atoms with van der Waals surface area (Å²) < 4.78 is 37.9. The first-order valence-corrected chi connectivity index (χ1v) is 14.7. The third kappa shape index (κ3) is 7.06. The maximum Gasteiger partial charge on any atom is 0.229 e. The van der Waals surface area contributed by atoms with Crippen molar-refractivity contribution >= 4 is 44.6 Å². The quantitative estimate of drug-likeness (QED) is 0.313.